The Kier molecular flexibility index (Phi) is 54.5. The number of non-ortho nitro benzene ring substituents is 5. The van der Waals surface area contributed by atoms with Crippen LogP contribution in [0.5, 0.6) is 5.75 Å². The van der Waals surface area contributed by atoms with Crippen molar-refractivity contribution in [2.75, 3.05) is 67.3 Å². The van der Waals surface area contributed by atoms with E-state index in [0.29, 0.717) is 74.9 Å². The molecule has 0 radical (unpaired) electrons. The van der Waals surface area contributed by atoms with E-state index < -0.39 is 131 Å². The first-order chi connectivity index (χ1) is 69.1. The summed E-state index contributed by atoms with van der Waals surface area (Å²) in [6.07, 6.45) is -4.39. The summed E-state index contributed by atoms with van der Waals surface area (Å²) < 4.78 is 172. The molecular weight excluding hydrogens is 2040 g/mol. The number of alkyl halides is 3. The molecule has 788 valence electrons. The molecule has 2 heterocycles. The number of nitrogens with zero attached hydrogens (tertiary/aromatic N) is 9. The van der Waals surface area contributed by atoms with E-state index in [1.54, 1.807) is 77.5 Å². The second-order valence-electron chi connectivity index (χ2n) is 29.0. The van der Waals surface area contributed by atoms with Gasteiger partial charge in [-0.05, 0) is 182 Å². The zero-order valence-corrected chi connectivity index (χ0v) is 80.3. The van der Waals surface area contributed by atoms with E-state index in [9.17, 15) is 133 Å². The Morgan fingerprint density at radius 3 is 1.20 bits per heavy atom. The van der Waals surface area contributed by atoms with E-state index in [4.69, 9.17) is 54.1 Å². The van der Waals surface area contributed by atoms with Crippen molar-refractivity contribution in [1.29, 1.82) is 0 Å². The second-order valence-corrected chi connectivity index (χ2v) is 29.9. The fraction of sp³-hybridized carbons (Fsp3) is 0.242. The molecule has 0 aliphatic rings. The topological polar surface area (TPSA) is 548 Å². The molecule has 0 amide bonds. The number of esters is 5. The highest BCUT2D eigenvalue weighted by Crippen LogP contribution is 2.32. The van der Waals surface area contributed by atoms with Crippen molar-refractivity contribution >= 4 is 105 Å². The number of ketones is 1. The molecule has 8 N–H and O–H groups in total. The fourth-order valence-corrected chi connectivity index (χ4v) is 12.1. The molecule has 1 atom stereocenters. The van der Waals surface area contributed by atoms with Gasteiger partial charge in [-0.15, -0.1) is 12.4 Å². The highest BCUT2D eigenvalue weighted by atomic mass is 35.5. The number of nitro benzene ring substituents is 5. The number of aliphatic hydroxyl groups excluding tert-OH is 5. The van der Waals surface area contributed by atoms with Crippen LogP contribution in [0.15, 0.2) is 218 Å². The normalized spacial score (nSPS) is 10.5. The third-order valence-corrected chi connectivity index (χ3v) is 19.3. The summed E-state index contributed by atoms with van der Waals surface area (Å²) >= 11 is 11.9. The highest BCUT2D eigenvalue weighted by molar-refractivity contribution is 6.31. The molecule has 12 aromatic rings. The fourth-order valence-electron chi connectivity index (χ4n) is 11.7. The highest BCUT2D eigenvalue weighted by Gasteiger charge is 2.36. The SMILES string of the molecule is COC(=O)C(C(=O)OC)c1ccc([N+](=O)[O-])cc1F.COC(=O)CC(=O)OC.COC(=O)Cc1ccc([N+](=O)[O-])cc1F.Cc1cc(CCC(=O)Cc2ccc(CCO)c(F)c2)n(-c2cccc(Cl)c2)n1.Cl.NCc1cc(C(F)(F)F)nn1-c1cccc(Cl)c1.O=[N+]([O-])c1ccc(CCO)c(F)c1.O=[N+]([O-])c1ccc(CCO)c(F)c1.O=[N+]([O-])c1ccc(F)c(F)c1.OCCc1ccc(NC(O)Oc2ccccc2)cc1F. The van der Waals surface area contributed by atoms with Crippen LogP contribution < -0.4 is 15.8 Å². The number of aliphatic hydroxyl groups is 5. The number of ether oxygens (including phenoxy) is 6. The minimum atomic E-state index is -4.49. The van der Waals surface area contributed by atoms with Crippen molar-refractivity contribution in [3.05, 3.63) is 387 Å². The van der Waals surface area contributed by atoms with Gasteiger partial charge in [-0.1, -0.05) is 71.7 Å². The Morgan fingerprint density at radius 1 is 0.429 bits per heavy atom. The number of carbonyl (C=O) groups is 6. The third kappa shape index (κ3) is 43.3. The second kappa shape index (κ2) is 64.0. The van der Waals surface area contributed by atoms with Crippen LogP contribution in [0.3, 0.4) is 0 Å². The standard InChI is InChI=1S/C22H22ClFN2O2.C15H16FNO3.C11H9ClF3N3.C11H10FNO6.C9H8FNO4.2C8H8FNO3.C6H3F2NO2.C5H8O4.ClH/c1-15-11-20(26(25-15)19-4-2-3-18(23)14-19)7-8-21(28)12-16-5-6-17(9-10-27)22(24)13-16;16-14-10-12(7-6-11(14)8-9-18)17-15(19)20-13-4-2-1-3-5-13;12-7-2-1-3-8(4-7)18-9(6-16)5-10(17-18)11(13,14)15;1-18-10(14)9(11(15)19-2)7-4-3-6(13(16)17)5-8(7)12;1-15-9(12)4-6-2-3-7(11(13)14)5-8(6)10;2*9-8-5-7(10(12)13)2-1-6(8)3-4-11;7-5-2-1-4(9(10)11)3-6(5)8;1-8-4(6)3-5(7)9-2;/h2-6,11,13-14,27H,7-10,12H2,1H3;1-7,10,15,17-19H,8-9H2;1-5H,6,16H2;3-5,9H,1-2H3;2-3,5H,4H2,1H3;2*1-2,5,11H,3-4H2;1-3H;3H2,1-2H3;1H. The van der Waals surface area contributed by atoms with Gasteiger partial charge in [0.05, 0.1) is 120 Å². The Morgan fingerprint density at radius 2 is 0.823 bits per heavy atom. The molecule has 1 unspecified atom stereocenters. The quantitative estimate of drug-likeness (QED) is 0.00391. The lowest BCUT2D eigenvalue weighted by Crippen LogP contribution is -2.25. The van der Waals surface area contributed by atoms with Crippen molar-refractivity contribution < 1.29 is 156 Å². The van der Waals surface area contributed by atoms with Gasteiger partial charge in [0.1, 0.15) is 52.9 Å². The van der Waals surface area contributed by atoms with Crippen LogP contribution in [0, 0.1) is 104 Å². The number of methoxy groups -OCH3 is 5. The number of halogens is 14. The smallest absolute Gasteiger partial charge is 0.435 e. The van der Waals surface area contributed by atoms with Gasteiger partial charge in [-0.3, -0.25) is 79.3 Å². The van der Waals surface area contributed by atoms with Crippen molar-refractivity contribution in [3.8, 4) is 17.1 Å². The molecule has 2 aromatic heterocycles. The van der Waals surface area contributed by atoms with Crippen LogP contribution >= 0.6 is 35.6 Å². The summed E-state index contributed by atoms with van der Waals surface area (Å²) in [5.41, 5.74) is 8.19. The molecule has 147 heavy (non-hydrogen) atoms. The Labute approximate surface area is 843 Å². The Balaban J connectivity index is 0.000000432. The zero-order chi connectivity index (χ0) is 109. The van der Waals surface area contributed by atoms with Crippen LogP contribution in [-0.4, -0.2) is 174 Å². The number of aryl methyl sites for hydroxylation is 2. The lowest BCUT2D eigenvalue weighted by molar-refractivity contribution is -0.385. The first-order valence-electron chi connectivity index (χ1n) is 41.9. The number of nitro groups is 5. The van der Waals surface area contributed by atoms with Gasteiger partial charge in [-0.25, -0.2) is 44.5 Å². The predicted octanol–water partition coefficient (Wildman–Crippen LogP) is 16.6. The third-order valence-electron chi connectivity index (χ3n) is 18.9. The molecule has 52 heteroatoms. The average molecular weight is 2140 g/mol. The molecule has 10 aromatic carbocycles. The molecule has 12 rings (SSSR count). The molecule has 0 bridgehead atoms. The van der Waals surface area contributed by atoms with E-state index in [1.165, 1.54) is 69.9 Å². The molecule has 0 saturated carbocycles. The Hall–Kier alpha value is -15.9. The molecule has 38 nitrogen and oxygen atoms in total. The monoisotopic (exact) mass is 2130 g/mol. The summed E-state index contributed by atoms with van der Waals surface area (Å²) in [6.45, 7) is 1.31. The lowest BCUT2D eigenvalue weighted by atomic mass is 9.98. The number of para-hydroxylation sites is 1. The number of rotatable bonds is 32. The molecule has 0 aliphatic heterocycles. The van der Waals surface area contributed by atoms with E-state index >= 15 is 0 Å². The number of nitrogens with two attached hydrogens (primary N) is 1. The van der Waals surface area contributed by atoms with Crippen molar-refractivity contribution in [2.45, 2.75) is 89.8 Å². The summed E-state index contributed by atoms with van der Waals surface area (Å²) in [6, 6.07) is 49.3. The number of hydrogen-bond donors (Lipinski definition) is 7. The molecule has 0 fully saturated rings. The number of nitrogens with one attached hydrogen (secondary N) is 1. The van der Waals surface area contributed by atoms with Crippen LogP contribution in [0.4, 0.5) is 82.4 Å². The van der Waals surface area contributed by atoms with Gasteiger partial charge in [0.15, 0.2) is 23.2 Å². The maximum Gasteiger partial charge on any atom is 0.435 e. The van der Waals surface area contributed by atoms with Crippen LogP contribution in [0.25, 0.3) is 11.4 Å². The first kappa shape index (κ1) is 125. The van der Waals surface area contributed by atoms with Crippen molar-refractivity contribution in [2.24, 2.45) is 5.73 Å². The molecule has 0 saturated heterocycles. The van der Waals surface area contributed by atoms with Gasteiger partial charge in [0.25, 0.3) is 34.9 Å². The number of aromatic nitrogens is 4. The first-order valence-corrected chi connectivity index (χ1v) is 42.7. The lowest BCUT2D eigenvalue weighted by Gasteiger charge is -2.16. The molecule has 0 spiro atoms. The summed E-state index contributed by atoms with van der Waals surface area (Å²) in [7, 11) is 5.67. The van der Waals surface area contributed by atoms with Crippen LogP contribution in [-0.2, 0) is 110 Å². The zero-order valence-electron chi connectivity index (χ0n) is 78.0. The summed E-state index contributed by atoms with van der Waals surface area (Å²) in [5.74, 6) is -11.1. The van der Waals surface area contributed by atoms with Gasteiger partial charge in [-0.2, -0.15) is 23.4 Å². The minimum Gasteiger partial charge on any atom is -0.469 e. The van der Waals surface area contributed by atoms with Gasteiger partial charge in [0.2, 0.25) is 0 Å². The number of anilines is 1. The number of carbonyl (C=O) groups excluding carboxylic acids is 6. The number of hydrogen-bond acceptors (Lipinski definition) is 31. The maximum absolute atomic E-state index is 14.0. The molecular formula is C95H93Cl3F11N11O27. The van der Waals surface area contributed by atoms with E-state index in [-0.39, 0.29) is 147 Å². The summed E-state index contributed by atoms with van der Waals surface area (Å²) in [4.78, 5) is 114. The van der Waals surface area contributed by atoms with E-state index in [1.807, 2.05) is 37.3 Å². The molecule has 0 aliphatic carbocycles. The maximum atomic E-state index is 14.0. The van der Waals surface area contributed by atoms with Gasteiger partial charge < -0.3 is 65.0 Å². The van der Waals surface area contributed by atoms with E-state index in [2.05, 4.69) is 39.2 Å². The number of benzene rings is 10. The number of Topliss-reactive ketones (excluding diaryl/α,β-unsaturated/α-hetero) is 1. The van der Waals surface area contributed by atoms with Crippen LogP contribution in [0.2, 0.25) is 10.0 Å². The van der Waals surface area contributed by atoms with Gasteiger partial charge >= 0.3 is 36.0 Å². The van der Waals surface area contributed by atoms with Gasteiger partial charge in [0, 0.05) is 103 Å². The van der Waals surface area contributed by atoms with Crippen LogP contribution in [0.1, 0.15) is 80.5 Å². The predicted molar refractivity (Wildman–Crippen MR) is 508 cm³/mol. The Bertz CT molecular complexity index is 6350. The van der Waals surface area contributed by atoms with Crippen molar-refractivity contribution in [1.82, 2.24) is 19.6 Å². The largest absolute Gasteiger partial charge is 0.469 e. The average Bonchev–Trinajstić information content (AvgIpc) is 1.81. The van der Waals surface area contributed by atoms with E-state index in [0.717, 1.165) is 84.5 Å². The minimum absolute atomic E-state index is 0. The van der Waals surface area contributed by atoms with Crippen molar-refractivity contribution in [3.63, 3.8) is 0 Å². The summed E-state index contributed by atoms with van der Waals surface area (Å²) in [5, 5.41) is 107.